The molecule has 27 heavy (non-hydrogen) atoms. The lowest BCUT2D eigenvalue weighted by Crippen LogP contribution is -2.23. The Bertz CT molecular complexity index is 809. The fraction of sp³-hybridized carbons (Fsp3) is 0.421. The number of aromatic nitrogens is 2. The van der Waals surface area contributed by atoms with Crippen LogP contribution >= 0.6 is 0 Å². The zero-order valence-corrected chi connectivity index (χ0v) is 15.0. The van der Waals surface area contributed by atoms with E-state index in [0.717, 1.165) is 6.42 Å². The molecule has 2 heterocycles. The summed E-state index contributed by atoms with van der Waals surface area (Å²) in [6.45, 7) is 3.19. The minimum absolute atomic E-state index is 0.00376. The van der Waals surface area contributed by atoms with Gasteiger partial charge in [0.15, 0.2) is 5.82 Å². The number of halogens is 2. The lowest BCUT2D eigenvalue weighted by atomic mass is 10.1. The SMILES string of the molecule is CCCOc1ccnc(-c2cc(F)c(N3CCC(CC(=O)O)C3)c(F)c2)n1. The molecule has 1 aliphatic heterocycles. The molecule has 0 saturated carbocycles. The number of carboxylic acids is 1. The van der Waals surface area contributed by atoms with Crippen LogP contribution in [0, 0.1) is 17.6 Å². The summed E-state index contributed by atoms with van der Waals surface area (Å²) in [5.41, 5.74) is 0.0852. The maximum Gasteiger partial charge on any atom is 0.303 e. The van der Waals surface area contributed by atoms with Gasteiger partial charge < -0.3 is 14.7 Å². The monoisotopic (exact) mass is 377 g/mol. The maximum atomic E-state index is 14.7. The molecule has 3 rings (SSSR count). The number of nitrogens with zero attached hydrogens (tertiary/aromatic N) is 3. The number of aliphatic carboxylic acids is 1. The van der Waals surface area contributed by atoms with Crippen LogP contribution < -0.4 is 9.64 Å². The van der Waals surface area contributed by atoms with Gasteiger partial charge in [0, 0.05) is 37.3 Å². The molecule has 0 amide bonds. The lowest BCUT2D eigenvalue weighted by molar-refractivity contribution is -0.137. The molecule has 144 valence electrons. The van der Waals surface area contributed by atoms with E-state index in [1.165, 1.54) is 18.3 Å². The Morgan fingerprint density at radius 1 is 1.37 bits per heavy atom. The fourth-order valence-corrected chi connectivity index (χ4v) is 3.21. The van der Waals surface area contributed by atoms with Crippen molar-refractivity contribution in [3.05, 3.63) is 36.0 Å². The second-order valence-electron chi connectivity index (χ2n) is 6.55. The standard InChI is InChI=1S/C19H21F2N3O3/c1-2-7-27-16-3-5-22-19(23-16)13-9-14(20)18(15(21)10-13)24-6-4-12(11-24)8-17(25)26/h3,5,9-10,12H,2,4,6-8,11H2,1H3,(H,25,26). The number of carbonyl (C=O) groups is 1. The lowest BCUT2D eigenvalue weighted by Gasteiger charge is -2.20. The Kier molecular flexibility index (Phi) is 5.83. The van der Waals surface area contributed by atoms with Crippen LogP contribution in [0.25, 0.3) is 11.4 Å². The molecule has 6 nitrogen and oxygen atoms in total. The normalized spacial score (nSPS) is 16.6. The van der Waals surface area contributed by atoms with Crippen LogP contribution in [0.3, 0.4) is 0 Å². The second-order valence-corrected chi connectivity index (χ2v) is 6.55. The predicted octanol–water partition coefficient (Wildman–Crippen LogP) is 3.51. The summed E-state index contributed by atoms with van der Waals surface area (Å²) in [4.78, 5) is 20.7. The van der Waals surface area contributed by atoms with E-state index in [-0.39, 0.29) is 29.4 Å². The third kappa shape index (κ3) is 4.50. The number of ether oxygens (including phenoxy) is 1. The number of anilines is 1. The van der Waals surface area contributed by atoms with Crippen molar-refractivity contribution in [1.82, 2.24) is 9.97 Å². The quantitative estimate of drug-likeness (QED) is 0.796. The van der Waals surface area contributed by atoms with Crippen molar-refractivity contribution in [3.63, 3.8) is 0 Å². The minimum atomic E-state index is -0.902. The number of rotatable bonds is 7. The number of hydrogen-bond acceptors (Lipinski definition) is 5. The first-order chi connectivity index (χ1) is 13.0. The zero-order chi connectivity index (χ0) is 19.4. The van der Waals surface area contributed by atoms with Gasteiger partial charge in [-0.1, -0.05) is 6.92 Å². The van der Waals surface area contributed by atoms with Crippen LogP contribution in [0.1, 0.15) is 26.2 Å². The van der Waals surface area contributed by atoms with Crippen LogP contribution in [0.15, 0.2) is 24.4 Å². The van der Waals surface area contributed by atoms with E-state index >= 15 is 0 Å². The van der Waals surface area contributed by atoms with Crippen molar-refractivity contribution < 1.29 is 23.4 Å². The van der Waals surface area contributed by atoms with Crippen molar-refractivity contribution in [1.29, 1.82) is 0 Å². The van der Waals surface area contributed by atoms with Crippen molar-refractivity contribution in [2.75, 3.05) is 24.6 Å². The molecule has 2 aromatic rings. The molecule has 0 bridgehead atoms. The first kappa shape index (κ1) is 19.0. The first-order valence-electron chi connectivity index (χ1n) is 8.90. The summed E-state index contributed by atoms with van der Waals surface area (Å²) < 4.78 is 34.7. The van der Waals surface area contributed by atoms with Crippen LogP contribution in [0.2, 0.25) is 0 Å². The van der Waals surface area contributed by atoms with E-state index in [2.05, 4.69) is 9.97 Å². The van der Waals surface area contributed by atoms with Gasteiger partial charge in [-0.25, -0.2) is 13.8 Å². The largest absolute Gasteiger partial charge is 0.481 e. The van der Waals surface area contributed by atoms with Gasteiger partial charge >= 0.3 is 5.97 Å². The molecular weight excluding hydrogens is 356 g/mol. The van der Waals surface area contributed by atoms with E-state index in [9.17, 15) is 13.6 Å². The molecule has 1 aromatic carbocycles. The van der Waals surface area contributed by atoms with E-state index in [1.54, 1.807) is 11.0 Å². The van der Waals surface area contributed by atoms with Gasteiger partial charge in [0.05, 0.1) is 6.61 Å². The number of carboxylic acid groups (broad SMARTS) is 1. The van der Waals surface area contributed by atoms with E-state index in [1.807, 2.05) is 6.92 Å². The second kappa shape index (κ2) is 8.28. The highest BCUT2D eigenvalue weighted by molar-refractivity contribution is 5.67. The number of benzene rings is 1. The summed E-state index contributed by atoms with van der Waals surface area (Å²) in [6, 6.07) is 3.98. The molecular formula is C19H21F2N3O3. The average Bonchev–Trinajstić information content (AvgIpc) is 3.06. The topological polar surface area (TPSA) is 75.5 Å². The van der Waals surface area contributed by atoms with Crippen molar-refractivity contribution >= 4 is 11.7 Å². The van der Waals surface area contributed by atoms with Gasteiger partial charge in [-0.15, -0.1) is 0 Å². The Morgan fingerprint density at radius 3 is 2.78 bits per heavy atom. The maximum absolute atomic E-state index is 14.7. The van der Waals surface area contributed by atoms with Crippen LogP contribution in [-0.2, 0) is 4.79 Å². The van der Waals surface area contributed by atoms with Crippen molar-refractivity contribution in [3.8, 4) is 17.3 Å². The highest BCUT2D eigenvalue weighted by Gasteiger charge is 2.28. The van der Waals surface area contributed by atoms with Crippen LogP contribution in [0.4, 0.5) is 14.5 Å². The van der Waals surface area contributed by atoms with Gasteiger partial charge in [-0.2, -0.15) is 4.98 Å². The minimum Gasteiger partial charge on any atom is -0.481 e. The molecule has 0 spiro atoms. The molecule has 1 fully saturated rings. The molecule has 0 radical (unpaired) electrons. The van der Waals surface area contributed by atoms with Crippen molar-refractivity contribution in [2.24, 2.45) is 5.92 Å². The molecule has 0 aliphatic carbocycles. The summed E-state index contributed by atoms with van der Waals surface area (Å²) in [7, 11) is 0. The Labute approximate surface area is 155 Å². The van der Waals surface area contributed by atoms with Gasteiger partial charge in [0.25, 0.3) is 0 Å². The summed E-state index contributed by atoms with van der Waals surface area (Å²) >= 11 is 0. The van der Waals surface area contributed by atoms with Crippen molar-refractivity contribution in [2.45, 2.75) is 26.2 Å². The average molecular weight is 377 g/mol. The van der Waals surface area contributed by atoms with Gasteiger partial charge in [0.1, 0.15) is 17.3 Å². The molecule has 1 atom stereocenters. The molecule has 1 N–H and O–H groups in total. The first-order valence-corrected chi connectivity index (χ1v) is 8.90. The highest BCUT2D eigenvalue weighted by Crippen LogP contribution is 2.33. The fourth-order valence-electron chi connectivity index (χ4n) is 3.21. The van der Waals surface area contributed by atoms with Crippen LogP contribution in [0.5, 0.6) is 5.88 Å². The third-order valence-corrected chi connectivity index (χ3v) is 4.42. The van der Waals surface area contributed by atoms with Gasteiger partial charge in [0.2, 0.25) is 5.88 Å². The van der Waals surface area contributed by atoms with E-state index in [4.69, 9.17) is 9.84 Å². The molecule has 1 aliphatic rings. The predicted molar refractivity (Wildman–Crippen MR) is 95.7 cm³/mol. The molecule has 1 aromatic heterocycles. The zero-order valence-electron chi connectivity index (χ0n) is 15.0. The molecule has 1 saturated heterocycles. The summed E-state index contributed by atoms with van der Waals surface area (Å²) in [6.07, 6.45) is 2.88. The molecule has 1 unspecified atom stereocenters. The van der Waals surface area contributed by atoms with Crippen LogP contribution in [-0.4, -0.2) is 40.7 Å². The Balaban J connectivity index is 1.82. The highest BCUT2D eigenvalue weighted by atomic mass is 19.1. The smallest absolute Gasteiger partial charge is 0.303 e. The summed E-state index contributed by atoms with van der Waals surface area (Å²) in [5, 5.41) is 8.89. The summed E-state index contributed by atoms with van der Waals surface area (Å²) in [5.74, 6) is -1.92. The Hall–Kier alpha value is -2.77. The van der Waals surface area contributed by atoms with Gasteiger partial charge in [-0.3, -0.25) is 4.79 Å². The van der Waals surface area contributed by atoms with Gasteiger partial charge in [-0.05, 0) is 30.9 Å². The molecule has 8 heteroatoms. The van der Waals surface area contributed by atoms with E-state index < -0.39 is 17.6 Å². The number of hydrogen-bond donors (Lipinski definition) is 1. The third-order valence-electron chi connectivity index (χ3n) is 4.42. The van der Waals surface area contributed by atoms with E-state index in [0.29, 0.717) is 32.0 Å². The Morgan fingerprint density at radius 2 is 2.11 bits per heavy atom.